The van der Waals surface area contributed by atoms with Gasteiger partial charge in [0.25, 0.3) is 0 Å². The van der Waals surface area contributed by atoms with Gasteiger partial charge in [-0.3, -0.25) is 0 Å². The molecule has 3 aromatic rings. The Balaban J connectivity index is 1.88. The predicted molar refractivity (Wildman–Crippen MR) is 90.2 cm³/mol. The van der Waals surface area contributed by atoms with Crippen molar-refractivity contribution in [3.8, 4) is 11.5 Å². The Labute approximate surface area is 135 Å². The normalized spacial score (nSPS) is 17.0. The number of aromatic amines is 1. The number of fused-ring (bicyclic) bond motifs is 3. The first-order valence-corrected chi connectivity index (χ1v) is 7.96. The highest BCUT2D eigenvalue weighted by atomic mass is 16.5. The zero-order chi connectivity index (χ0) is 15.8. The van der Waals surface area contributed by atoms with E-state index in [2.05, 4.69) is 34.6 Å². The molecular formula is C19H21N2O2+. The minimum Gasteiger partial charge on any atom is -0.497 e. The maximum Gasteiger partial charge on any atom is 0.156 e. The van der Waals surface area contributed by atoms with Crippen molar-refractivity contribution in [1.82, 2.24) is 4.98 Å². The van der Waals surface area contributed by atoms with Gasteiger partial charge in [0.2, 0.25) is 0 Å². The first kappa shape index (κ1) is 14.2. The molecule has 1 atom stereocenters. The lowest BCUT2D eigenvalue weighted by Crippen LogP contribution is -2.87. The smallest absolute Gasteiger partial charge is 0.156 e. The molecule has 4 rings (SSSR count). The van der Waals surface area contributed by atoms with Crippen LogP contribution in [0.15, 0.2) is 42.5 Å². The number of methoxy groups -OCH3 is 2. The number of hydrogen-bond donors (Lipinski definition) is 2. The molecular weight excluding hydrogens is 288 g/mol. The van der Waals surface area contributed by atoms with Crippen LogP contribution in [0.25, 0.3) is 10.9 Å². The zero-order valence-electron chi connectivity index (χ0n) is 13.4. The van der Waals surface area contributed by atoms with Gasteiger partial charge in [0.05, 0.1) is 32.0 Å². The topological polar surface area (TPSA) is 50.9 Å². The number of para-hydroxylation sites is 1. The van der Waals surface area contributed by atoms with E-state index in [1.54, 1.807) is 14.2 Å². The molecule has 2 heterocycles. The quantitative estimate of drug-likeness (QED) is 0.780. The fraction of sp³-hybridized carbons (Fsp3) is 0.263. The molecule has 0 spiro atoms. The molecule has 118 valence electrons. The average Bonchev–Trinajstić information content (AvgIpc) is 2.99. The lowest BCUT2D eigenvalue weighted by Gasteiger charge is -2.23. The first-order valence-electron chi connectivity index (χ1n) is 7.96. The van der Waals surface area contributed by atoms with Crippen molar-refractivity contribution in [2.45, 2.75) is 12.5 Å². The minimum absolute atomic E-state index is 0.244. The van der Waals surface area contributed by atoms with Crippen LogP contribution in [0.5, 0.6) is 11.5 Å². The number of quaternary nitrogens is 1. The predicted octanol–water partition coefficient (Wildman–Crippen LogP) is 2.39. The Morgan fingerprint density at radius 3 is 2.78 bits per heavy atom. The van der Waals surface area contributed by atoms with E-state index in [0.29, 0.717) is 0 Å². The molecule has 0 saturated heterocycles. The number of ether oxygens (including phenoxy) is 2. The monoisotopic (exact) mass is 309 g/mol. The molecule has 3 N–H and O–H groups in total. The standard InChI is InChI=1S/C19H20N2O2/c1-22-12-7-8-16-15(11-12)13-9-10-20-18(19(13)21-16)14-5-3-4-6-17(14)23-2/h3-8,11,18,20-21H,9-10H2,1-2H3/p+1/t18-/m1/s1. The van der Waals surface area contributed by atoms with Crippen LogP contribution in [0.3, 0.4) is 0 Å². The van der Waals surface area contributed by atoms with Gasteiger partial charge in [-0.2, -0.15) is 0 Å². The molecule has 0 amide bonds. The number of nitrogens with one attached hydrogen (secondary N) is 1. The van der Waals surface area contributed by atoms with Crippen molar-refractivity contribution in [3.63, 3.8) is 0 Å². The summed E-state index contributed by atoms with van der Waals surface area (Å²) in [6, 6.07) is 14.8. The molecule has 2 aromatic carbocycles. The summed E-state index contributed by atoms with van der Waals surface area (Å²) in [7, 11) is 3.45. The van der Waals surface area contributed by atoms with Crippen LogP contribution in [-0.4, -0.2) is 25.7 Å². The SMILES string of the molecule is COc1ccc2[nH]c3c(c2c1)CC[NH2+][C@@H]3c1ccccc1OC. The Morgan fingerprint density at radius 2 is 1.96 bits per heavy atom. The van der Waals surface area contributed by atoms with Gasteiger partial charge >= 0.3 is 0 Å². The van der Waals surface area contributed by atoms with Crippen LogP contribution < -0.4 is 14.8 Å². The number of hydrogen-bond acceptors (Lipinski definition) is 2. The third-order valence-corrected chi connectivity index (χ3v) is 4.73. The number of rotatable bonds is 3. The van der Waals surface area contributed by atoms with E-state index in [0.717, 1.165) is 24.5 Å². The van der Waals surface area contributed by atoms with Gasteiger partial charge < -0.3 is 19.8 Å². The second kappa shape index (κ2) is 5.63. The minimum atomic E-state index is 0.244. The van der Waals surface area contributed by atoms with Gasteiger partial charge in [-0.25, -0.2) is 0 Å². The molecule has 4 heteroatoms. The summed E-state index contributed by atoms with van der Waals surface area (Å²) in [5.41, 5.74) is 5.07. The van der Waals surface area contributed by atoms with E-state index < -0.39 is 0 Å². The van der Waals surface area contributed by atoms with Gasteiger partial charge in [-0.05, 0) is 35.9 Å². The summed E-state index contributed by atoms with van der Waals surface area (Å²) in [6.45, 7) is 1.07. The lowest BCUT2D eigenvalue weighted by atomic mass is 9.94. The van der Waals surface area contributed by atoms with Crippen molar-refractivity contribution in [2.24, 2.45) is 0 Å². The fourth-order valence-corrected chi connectivity index (χ4v) is 3.63. The molecule has 0 unspecified atom stereocenters. The van der Waals surface area contributed by atoms with Crippen LogP contribution in [-0.2, 0) is 6.42 Å². The van der Waals surface area contributed by atoms with E-state index >= 15 is 0 Å². The summed E-state index contributed by atoms with van der Waals surface area (Å²) in [5.74, 6) is 1.85. The molecule has 4 nitrogen and oxygen atoms in total. The van der Waals surface area contributed by atoms with E-state index in [9.17, 15) is 0 Å². The van der Waals surface area contributed by atoms with E-state index in [1.165, 1.54) is 27.7 Å². The Kier molecular flexibility index (Phi) is 3.46. The molecule has 1 aromatic heterocycles. The molecule has 0 bridgehead atoms. The summed E-state index contributed by atoms with van der Waals surface area (Å²) < 4.78 is 11.0. The molecule has 0 fully saturated rings. The number of H-pyrrole nitrogens is 1. The van der Waals surface area contributed by atoms with Crippen molar-refractivity contribution >= 4 is 10.9 Å². The van der Waals surface area contributed by atoms with Crippen molar-refractivity contribution in [2.75, 3.05) is 20.8 Å². The van der Waals surface area contributed by atoms with Crippen LogP contribution >= 0.6 is 0 Å². The molecule has 0 radical (unpaired) electrons. The van der Waals surface area contributed by atoms with Crippen LogP contribution in [0.2, 0.25) is 0 Å². The largest absolute Gasteiger partial charge is 0.497 e. The third kappa shape index (κ3) is 2.26. The summed E-state index contributed by atoms with van der Waals surface area (Å²) in [6.07, 6.45) is 1.06. The Bertz CT molecular complexity index is 854. The first-order chi connectivity index (χ1) is 11.3. The summed E-state index contributed by atoms with van der Waals surface area (Å²) in [4.78, 5) is 3.62. The second-order valence-corrected chi connectivity index (χ2v) is 5.92. The zero-order valence-corrected chi connectivity index (χ0v) is 13.4. The third-order valence-electron chi connectivity index (χ3n) is 4.73. The summed E-state index contributed by atoms with van der Waals surface area (Å²) in [5, 5.41) is 3.65. The van der Waals surface area contributed by atoms with Crippen LogP contribution in [0, 0.1) is 0 Å². The average molecular weight is 309 g/mol. The van der Waals surface area contributed by atoms with Crippen molar-refractivity contribution in [1.29, 1.82) is 0 Å². The highest BCUT2D eigenvalue weighted by Gasteiger charge is 2.30. The van der Waals surface area contributed by atoms with E-state index in [1.807, 2.05) is 18.2 Å². The Morgan fingerprint density at radius 1 is 1.09 bits per heavy atom. The van der Waals surface area contributed by atoms with Crippen molar-refractivity contribution < 1.29 is 14.8 Å². The van der Waals surface area contributed by atoms with Crippen LogP contribution in [0.4, 0.5) is 0 Å². The lowest BCUT2D eigenvalue weighted by molar-refractivity contribution is -0.690. The van der Waals surface area contributed by atoms with Gasteiger partial charge in [-0.1, -0.05) is 12.1 Å². The van der Waals surface area contributed by atoms with E-state index in [-0.39, 0.29) is 6.04 Å². The van der Waals surface area contributed by atoms with Gasteiger partial charge in [0.1, 0.15) is 11.5 Å². The maximum absolute atomic E-state index is 5.57. The molecule has 0 aliphatic carbocycles. The molecule has 0 saturated carbocycles. The fourth-order valence-electron chi connectivity index (χ4n) is 3.63. The maximum atomic E-state index is 5.57. The molecule has 23 heavy (non-hydrogen) atoms. The number of benzene rings is 2. The Hall–Kier alpha value is -2.46. The van der Waals surface area contributed by atoms with Crippen LogP contribution in [0.1, 0.15) is 22.9 Å². The van der Waals surface area contributed by atoms with Gasteiger partial charge in [0, 0.05) is 17.3 Å². The highest BCUT2D eigenvalue weighted by Crippen LogP contribution is 2.35. The second-order valence-electron chi connectivity index (χ2n) is 5.92. The highest BCUT2D eigenvalue weighted by molar-refractivity contribution is 5.86. The van der Waals surface area contributed by atoms with Gasteiger partial charge in [0.15, 0.2) is 6.04 Å². The molecule has 1 aliphatic rings. The summed E-state index contributed by atoms with van der Waals surface area (Å²) >= 11 is 0. The molecule has 1 aliphatic heterocycles. The van der Waals surface area contributed by atoms with Crippen molar-refractivity contribution in [3.05, 3.63) is 59.3 Å². The number of nitrogens with two attached hydrogens (primary N) is 1. The van der Waals surface area contributed by atoms with Gasteiger partial charge in [-0.15, -0.1) is 0 Å². The number of aromatic nitrogens is 1. The van der Waals surface area contributed by atoms with E-state index in [4.69, 9.17) is 9.47 Å².